The highest BCUT2D eigenvalue weighted by molar-refractivity contribution is 6.17. The summed E-state index contributed by atoms with van der Waals surface area (Å²) in [6, 6.07) is 10.2. The molecule has 2 aromatic rings. The number of rotatable bonds is 2. The van der Waals surface area contributed by atoms with Crippen molar-refractivity contribution in [1.29, 1.82) is 0 Å². The molecule has 0 spiro atoms. The van der Waals surface area contributed by atoms with Crippen molar-refractivity contribution in [3.8, 4) is 5.69 Å². The van der Waals surface area contributed by atoms with Gasteiger partial charge in [-0.05, 0) is 37.6 Å². The standard InChI is InChI=1S/C12H13ClN2.ClH/c1-9-6-10(2)15(14-9)12-5-3-4-11(7-12)8-13;/h3-7H,8H2,1-2H3;1H. The molecule has 16 heavy (non-hydrogen) atoms. The minimum atomic E-state index is 0. The molecule has 0 N–H and O–H groups in total. The Kier molecular flexibility index (Phi) is 4.39. The van der Waals surface area contributed by atoms with Gasteiger partial charge in [0.25, 0.3) is 0 Å². The molecule has 0 bridgehead atoms. The summed E-state index contributed by atoms with van der Waals surface area (Å²) < 4.78 is 1.94. The molecule has 0 aliphatic heterocycles. The van der Waals surface area contributed by atoms with Crippen LogP contribution < -0.4 is 0 Å². The van der Waals surface area contributed by atoms with Crippen LogP contribution in [0.15, 0.2) is 30.3 Å². The van der Waals surface area contributed by atoms with E-state index >= 15 is 0 Å². The van der Waals surface area contributed by atoms with Crippen molar-refractivity contribution in [2.75, 3.05) is 0 Å². The molecule has 0 saturated heterocycles. The normalized spacial score (nSPS) is 9.94. The number of aryl methyl sites for hydroxylation is 2. The van der Waals surface area contributed by atoms with Gasteiger partial charge < -0.3 is 0 Å². The molecule has 0 aliphatic carbocycles. The molecule has 1 heterocycles. The van der Waals surface area contributed by atoms with Gasteiger partial charge in [-0.1, -0.05) is 12.1 Å². The molecule has 2 nitrogen and oxygen atoms in total. The number of halogens is 2. The van der Waals surface area contributed by atoms with Crippen LogP contribution in [-0.4, -0.2) is 9.78 Å². The molecule has 0 amide bonds. The van der Waals surface area contributed by atoms with Crippen LogP contribution >= 0.6 is 24.0 Å². The van der Waals surface area contributed by atoms with Gasteiger partial charge in [-0.3, -0.25) is 0 Å². The number of alkyl halides is 1. The average molecular weight is 257 g/mol. The Morgan fingerprint density at radius 2 is 2.00 bits per heavy atom. The molecule has 0 radical (unpaired) electrons. The summed E-state index contributed by atoms with van der Waals surface area (Å²) in [6.45, 7) is 4.04. The average Bonchev–Trinajstić information content (AvgIpc) is 2.58. The number of hydrogen-bond acceptors (Lipinski definition) is 1. The van der Waals surface area contributed by atoms with Gasteiger partial charge in [0.2, 0.25) is 0 Å². The van der Waals surface area contributed by atoms with Crippen molar-refractivity contribution in [3.63, 3.8) is 0 Å². The summed E-state index contributed by atoms with van der Waals surface area (Å²) >= 11 is 5.80. The second-order valence-electron chi connectivity index (χ2n) is 3.64. The summed E-state index contributed by atoms with van der Waals surface area (Å²) in [5.41, 5.74) is 4.35. The quantitative estimate of drug-likeness (QED) is 0.751. The third kappa shape index (κ3) is 2.57. The Labute approximate surface area is 107 Å². The minimum Gasteiger partial charge on any atom is -0.238 e. The zero-order valence-corrected chi connectivity index (χ0v) is 10.8. The SMILES string of the molecule is Cc1cc(C)n(-c2cccc(CCl)c2)n1.Cl. The first kappa shape index (κ1) is 13.1. The van der Waals surface area contributed by atoms with Crippen LogP contribution in [0, 0.1) is 13.8 Å². The van der Waals surface area contributed by atoms with Gasteiger partial charge >= 0.3 is 0 Å². The fraction of sp³-hybridized carbons (Fsp3) is 0.250. The lowest BCUT2D eigenvalue weighted by Gasteiger charge is -2.05. The Morgan fingerprint density at radius 1 is 1.25 bits per heavy atom. The number of benzene rings is 1. The first-order valence-corrected chi connectivity index (χ1v) is 5.42. The first-order valence-electron chi connectivity index (χ1n) is 4.89. The maximum absolute atomic E-state index is 5.80. The zero-order valence-electron chi connectivity index (χ0n) is 9.27. The predicted molar refractivity (Wildman–Crippen MR) is 69.8 cm³/mol. The lowest BCUT2D eigenvalue weighted by atomic mass is 10.2. The second kappa shape index (κ2) is 5.37. The molecule has 4 heteroatoms. The molecule has 86 valence electrons. The molecule has 1 aromatic carbocycles. The highest BCUT2D eigenvalue weighted by Gasteiger charge is 2.03. The summed E-state index contributed by atoms with van der Waals surface area (Å²) in [5.74, 6) is 0.535. The van der Waals surface area contributed by atoms with Crippen LogP contribution in [0.5, 0.6) is 0 Å². The van der Waals surface area contributed by atoms with Gasteiger partial charge in [-0.2, -0.15) is 5.10 Å². The molecule has 0 saturated carbocycles. The maximum Gasteiger partial charge on any atom is 0.0651 e. The van der Waals surface area contributed by atoms with Crippen molar-refractivity contribution in [3.05, 3.63) is 47.3 Å². The monoisotopic (exact) mass is 256 g/mol. The first-order chi connectivity index (χ1) is 7.20. The molecule has 0 fully saturated rings. The van der Waals surface area contributed by atoms with E-state index in [1.165, 1.54) is 0 Å². The van der Waals surface area contributed by atoms with E-state index in [-0.39, 0.29) is 12.4 Å². The van der Waals surface area contributed by atoms with Gasteiger partial charge in [0.1, 0.15) is 0 Å². The van der Waals surface area contributed by atoms with E-state index in [1.807, 2.05) is 36.7 Å². The molecule has 0 atom stereocenters. The fourth-order valence-corrected chi connectivity index (χ4v) is 1.83. The maximum atomic E-state index is 5.80. The van der Waals surface area contributed by atoms with Crippen molar-refractivity contribution >= 4 is 24.0 Å². The van der Waals surface area contributed by atoms with E-state index in [0.29, 0.717) is 5.88 Å². The van der Waals surface area contributed by atoms with E-state index in [2.05, 4.69) is 17.2 Å². The van der Waals surface area contributed by atoms with Gasteiger partial charge in [0.05, 0.1) is 11.4 Å². The van der Waals surface area contributed by atoms with Gasteiger partial charge in [-0.15, -0.1) is 24.0 Å². The number of aromatic nitrogens is 2. The molecule has 0 aliphatic rings. The lowest BCUT2D eigenvalue weighted by molar-refractivity contribution is 0.832. The lowest BCUT2D eigenvalue weighted by Crippen LogP contribution is -1.99. The van der Waals surface area contributed by atoms with Crippen molar-refractivity contribution < 1.29 is 0 Å². The van der Waals surface area contributed by atoms with E-state index in [1.54, 1.807) is 0 Å². The Balaban J connectivity index is 0.00000128. The third-order valence-corrected chi connectivity index (χ3v) is 2.63. The van der Waals surface area contributed by atoms with Crippen LogP contribution in [0.4, 0.5) is 0 Å². The fourth-order valence-electron chi connectivity index (χ4n) is 1.66. The van der Waals surface area contributed by atoms with Crippen LogP contribution in [0.25, 0.3) is 5.69 Å². The molecule has 1 aromatic heterocycles. The van der Waals surface area contributed by atoms with Crippen LogP contribution in [0.3, 0.4) is 0 Å². The van der Waals surface area contributed by atoms with E-state index in [4.69, 9.17) is 11.6 Å². The largest absolute Gasteiger partial charge is 0.238 e. The van der Waals surface area contributed by atoms with Crippen LogP contribution in [-0.2, 0) is 5.88 Å². The highest BCUT2D eigenvalue weighted by atomic mass is 35.5. The summed E-state index contributed by atoms with van der Waals surface area (Å²) in [4.78, 5) is 0. The predicted octanol–water partition coefficient (Wildman–Crippen LogP) is 3.65. The number of hydrogen-bond donors (Lipinski definition) is 0. The molecular weight excluding hydrogens is 243 g/mol. The van der Waals surface area contributed by atoms with E-state index in [0.717, 1.165) is 22.6 Å². The summed E-state index contributed by atoms with van der Waals surface area (Å²) in [7, 11) is 0. The topological polar surface area (TPSA) is 17.8 Å². The van der Waals surface area contributed by atoms with Gasteiger partial charge in [-0.25, -0.2) is 4.68 Å². The number of nitrogens with zero attached hydrogens (tertiary/aromatic N) is 2. The second-order valence-corrected chi connectivity index (χ2v) is 3.91. The van der Waals surface area contributed by atoms with Crippen molar-refractivity contribution in [1.82, 2.24) is 9.78 Å². The smallest absolute Gasteiger partial charge is 0.0651 e. The van der Waals surface area contributed by atoms with Gasteiger partial charge in [0.15, 0.2) is 0 Å². The zero-order chi connectivity index (χ0) is 10.8. The highest BCUT2D eigenvalue weighted by Crippen LogP contribution is 2.14. The third-order valence-electron chi connectivity index (χ3n) is 2.32. The van der Waals surface area contributed by atoms with Crippen LogP contribution in [0.1, 0.15) is 17.0 Å². The molecule has 2 rings (SSSR count). The summed E-state index contributed by atoms with van der Waals surface area (Å²) in [5, 5.41) is 4.43. The van der Waals surface area contributed by atoms with Crippen molar-refractivity contribution in [2.24, 2.45) is 0 Å². The Hall–Kier alpha value is -0.990. The minimum absolute atomic E-state index is 0. The molecular formula is C12H14Cl2N2. The van der Waals surface area contributed by atoms with Gasteiger partial charge in [0, 0.05) is 11.6 Å². The molecule has 0 unspecified atom stereocenters. The van der Waals surface area contributed by atoms with Crippen molar-refractivity contribution in [2.45, 2.75) is 19.7 Å². The van der Waals surface area contributed by atoms with E-state index < -0.39 is 0 Å². The Bertz CT molecular complexity index is 478. The Morgan fingerprint density at radius 3 is 2.56 bits per heavy atom. The summed E-state index contributed by atoms with van der Waals surface area (Å²) in [6.07, 6.45) is 0. The van der Waals surface area contributed by atoms with E-state index in [9.17, 15) is 0 Å². The van der Waals surface area contributed by atoms with Crippen LogP contribution in [0.2, 0.25) is 0 Å².